The Balaban J connectivity index is 2.07. The van der Waals surface area contributed by atoms with E-state index in [2.05, 4.69) is 15.0 Å². The van der Waals surface area contributed by atoms with Gasteiger partial charge in [-0.2, -0.15) is 11.3 Å². The van der Waals surface area contributed by atoms with Gasteiger partial charge in [0.05, 0.1) is 18.9 Å². The van der Waals surface area contributed by atoms with Gasteiger partial charge in [-0.25, -0.2) is 9.78 Å². The maximum absolute atomic E-state index is 11.7. The second-order valence-electron chi connectivity index (χ2n) is 2.99. The van der Waals surface area contributed by atoms with Gasteiger partial charge in [0.1, 0.15) is 4.88 Å². The molecule has 1 N–H and O–H groups in total. The van der Waals surface area contributed by atoms with Crippen molar-refractivity contribution in [1.29, 1.82) is 0 Å². The van der Waals surface area contributed by atoms with Gasteiger partial charge >= 0.3 is 5.97 Å². The van der Waals surface area contributed by atoms with Gasteiger partial charge in [-0.05, 0) is 11.4 Å². The summed E-state index contributed by atoms with van der Waals surface area (Å²) in [5.74, 6) is -0.699. The molecule has 0 aliphatic heterocycles. The van der Waals surface area contributed by atoms with E-state index in [0.717, 1.165) is 11.3 Å². The largest absolute Gasteiger partial charge is 0.465 e. The molecular weight excluding hydrogens is 260 g/mol. The number of carbonyl (C=O) groups excluding carboxylic acids is 2. The van der Waals surface area contributed by atoms with E-state index in [-0.39, 0.29) is 5.91 Å². The predicted molar refractivity (Wildman–Crippen MR) is 65.7 cm³/mol. The van der Waals surface area contributed by atoms with Crippen LogP contribution in [0.5, 0.6) is 0 Å². The fourth-order valence-electron chi connectivity index (χ4n) is 1.09. The first-order valence-corrected chi connectivity index (χ1v) is 6.34. The van der Waals surface area contributed by atoms with E-state index < -0.39 is 5.97 Å². The first-order chi connectivity index (χ1) is 8.20. The van der Waals surface area contributed by atoms with Crippen LogP contribution in [-0.4, -0.2) is 24.0 Å². The highest BCUT2D eigenvalue weighted by Crippen LogP contribution is 2.19. The number of nitrogens with one attached hydrogen (secondary N) is 1. The Hall–Kier alpha value is -1.73. The van der Waals surface area contributed by atoms with Crippen molar-refractivity contribution in [2.24, 2.45) is 0 Å². The molecule has 0 saturated heterocycles. The Labute approximate surface area is 105 Å². The van der Waals surface area contributed by atoms with Gasteiger partial charge in [-0.3, -0.25) is 10.1 Å². The van der Waals surface area contributed by atoms with E-state index >= 15 is 0 Å². The molecule has 0 aliphatic rings. The molecular formula is C10H8N2O3S2. The van der Waals surface area contributed by atoms with E-state index in [0.29, 0.717) is 15.6 Å². The van der Waals surface area contributed by atoms with Crippen LogP contribution in [0.2, 0.25) is 0 Å². The molecule has 0 bridgehead atoms. The maximum atomic E-state index is 11.7. The van der Waals surface area contributed by atoms with Crippen molar-refractivity contribution in [2.45, 2.75) is 0 Å². The molecule has 0 spiro atoms. The highest BCUT2D eigenvalue weighted by molar-refractivity contribution is 7.17. The highest BCUT2D eigenvalue weighted by Gasteiger charge is 2.13. The Morgan fingerprint density at radius 1 is 1.47 bits per heavy atom. The number of thiazole rings is 1. The van der Waals surface area contributed by atoms with Crippen LogP contribution in [0.1, 0.15) is 20.0 Å². The molecule has 2 aromatic rings. The summed E-state index contributed by atoms with van der Waals surface area (Å²) in [4.78, 5) is 27.1. The van der Waals surface area contributed by atoms with Crippen molar-refractivity contribution < 1.29 is 14.3 Å². The minimum absolute atomic E-state index is 0.239. The van der Waals surface area contributed by atoms with Gasteiger partial charge in [0, 0.05) is 5.38 Å². The Kier molecular flexibility index (Phi) is 3.50. The number of nitrogens with zero attached hydrogens (tertiary/aromatic N) is 1. The minimum Gasteiger partial charge on any atom is -0.465 e. The first kappa shape index (κ1) is 11.7. The van der Waals surface area contributed by atoms with E-state index in [1.54, 1.807) is 11.4 Å². The molecule has 88 valence electrons. The number of hydrogen-bond donors (Lipinski definition) is 1. The lowest BCUT2D eigenvalue weighted by Crippen LogP contribution is -2.10. The Bertz CT molecular complexity index is 534. The zero-order chi connectivity index (χ0) is 12.3. The lowest BCUT2D eigenvalue weighted by atomic mass is 10.3. The number of anilines is 1. The summed E-state index contributed by atoms with van der Waals surface area (Å²) in [6.45, 7) is 0. The van der Waals surface area contributed by atoms with E-state index in [9.17, 15) is 9.59 Å². The SMILES string of the molecule is COC(=O)c1cnc(NC(=O)c2ccsc2)s1. The summed E-state index contributed by atoms with van der Waals surface area (Å²) in [6, 6.07) is 1.72. The third kappa shape index (κ3) is 2.69. The van der Waals surface area contributed by atoms with Gasteiger partial charge < -0.3 is 4.74 Å². The summed E-state index contributed by atoms with van der Waals surface area (Å²) in [5.41, 5.74) is 0.574. The third-order valence-corrected chi connectivity index (χ3v) is 3.47. The number of esters is 1. The summed E-state index contributed by atoms with van der Waals surface area (Å²) in [6.07, 6.45) is 1.37. The molecule has 2 heterocycles. The molecule has 0 fully saturated rings. The molecule has 2 aromatic heterocycles. The van der Waals surface area contributed by atoms with Crippen LogP contribution in [0.15, 0.2) is 23.0 Å². The van der Waals surface area contributed by atoms with Crippen LogP contribution >= 0.6 is 22.7 Å². The quantitative estimate of drug-likeness (QED) is 0.867. The number of ether oxygens (including phenoxy) is 1. The smallest absolute Gasteiger partial charge is 0.349 e. The number of carbonyl (C=O) groups is 2. The molecule has 0 aromatic carbocycles. The normalized spacial score (nSPS) is 9.94. The summed E-state index contributed by atoms with van der Waals surface area (Å²) >= 11 is 2.52. The first-order valence-electron chi connectivity index (χ1n) is 4.58. The van der Waals surface area contributed by atoms with Crippen molar-refractivity contribution in [3.8, 4) is 0 Å². The van der Waals surface area contributed by atoms with E-state index in [1.165, 1.54) is 24.6 Å². The zero-order valence-electron chi connectivity index (χ0n) is 8.80. The van der Waals surface area contributed by atoms with Gasteiger partial charge in [-0.1, -0.05) is 11.3 Å². The van der Waals surface area contributed by atoms with Gasteiger partial charge in [0.2, 0.25) is 0 Å². The second-order valence-corrected chi connectivity index (χ2v) is 4.80. The zero-order valence-corrected chi connectivity index (χ0v) is 10.4. The van der Waals surface area contributed by atoms with Crippen LogP contribution in [0.3, 0.4) is 0 Å². The standard InChI is InChI=1S/C10H8N2O3S2/c1-15-9(14)7-4-11-10(17-7)12-8(13)6-2-3-16-5-6/h2-5H,1H3,(H,11,12,13). The lowest BCUT2D eigenvalue weighted by molar-refractivity contribution is 0.0606. The van der Waals surface area contributed by atoms with E-state index in [1.807, 2.05) is 5.38 Å². The van der Waals surface area contributed by atoms with Gasteiger partial charge in [-0.15, -0.1) is 0 Å². The molecule has 17 heavy (non-hydrogen) atoms. The summed E-state index contributed by atoms with van der Waals surface area (Å²) < 4.78 is 4.55. The Morgan fingerprint density at radius 3 is 2.94 bits per heavy atom. The van der Waals surface area contributed by atoms with Crippen molar-refractivity contribution >= 4 is 39.7 Å². The van der Waals surface area contributed by atoms with Crippen LogP contribution in [0.25, 0.3) is 0 Å². The van der Waals surface area contributed by atoms with Gasteiger partial charge in [0.25, 0.3) is 5.91 Å². The molecule has 0 aliphatic carbocycles. The number of hydrogen-bond acceptors (Lipinski definition) is 6. The van der Waals surface area contributed by atoms with Crippen LogP contribution in [0, 0.1) is 0 Å². The van der Waals surface area contributed by atoms with Crippen LogP contribution in [-0.2, 0) is 4.74 Å². The molecule has 2 rings (SSSR count). The lowest BCUT2D eigenvalue weighted by Gasteiger charge is -1.97. The molecule has 7 heteroatoms. The number of thiophene rings is 1. The average molecular weight is 268 g/mol. The molecule has 1 amide bonds. The van der Waals surface area contributed by atoms with Crippen molar-refractivity contribution in [2.75, 3.05) is 12.4 Å². The second kappa shape index (κ2) is 5.07. The number of rotatable bonds is 3. The van der Waals surface area contributed by atoms with Crippen LogP contribution < -0.4 is 5.32 Å². The predicted octanol–water partition coefficient (Wildman–Crippen LogP) is 2.24. The van der Waals surface area contributed by atoms with Crippen molar-refractivity contribution in [3.05, 3.63) is 33.5 Å². The monoisotopic (exact) mass is 268 g/mol. The fourth-order valence-corrected chi connectivity index (χ4v) is 2.46. The topological polar surface area (TPSA) is 68.3 Å². The Morgan fingerprint density at radius 2 is 2.29 bits per heavy atom. The minimum atomic E-state index is -0.460. The number of methoxy groups -OCH3 is 1. The summed E-state index contributed by atoms with van der Waals surface area (Å²) in [5, 5.41) is 6.54. The average Bonchev–Trinajstić information content (AvgIpc) is 2.98. The maximum Gasteiger partial charge on any atom is 0.349 e. The van der Waals surface area contributed by atoms with Gasteiger partial charge in [0.15, 0.2) is 5.13 Å². The summed E-state index contributed by atoms with van der Waals surface area (Å²) in [7, 11) is 1.30. The molecule has 0 unspecified atom stereocenters. The molecule has 0 radical (unpaired) electrons. The molecule has 5 nitrogen and oxygen atoms in total. The highest BCUT2D eigenvalue weighted by atomic mass is 32.1. The number of aromatic nitrogens is 1. The fraction of sp³-hybridized carbons (Fsp3) is 0.100. The van der Waals surface area contributed by atoms with E-state index in [4.69, 9.17) is 0 Å². The molecule has 0 atom stereocenters. The third-order valence-electron chi connectivity index (χ3n) is 1.90. The number of amides is 1. The van der Waals surface area contributed by atoms with Crippen molar-refractivity contribution in [1.82, 2.24) is 4.98 Å². The molecule has 0 saturated carbocycles. The van der Waals surface area contributed by atoms with Crippen molar-refractivity contribution in [3.63, 3.8) is 0 Å². The van der Waals surface area contributed by atoms with Crippen LogP contribution in [0.4, 0.5) is 5.13 Å².